The highest BCUT2D eigenvalue weighted by Crippen LogP contribution is 2.39. The van der Waals surface area contributed by atoms with Crippen molar-refractivity contribution in [3.8, 4) is 0 Å². The van der Waals surface area contributed by atoms with Crippen molar-refractivity contribution in [1.29, 1.82) is 0 Å². The van der Waals surface area contributed by atoms with Gasteiger partial charge in [-0.25, -0.2) is 0 Å². The summed E-state index contributed by atoms with van der Waals surface area (Å²) in [6.45, 7) is 0. The van der Waals surface area contributed by atoms with Crippen LogP contribution in [0.15, 0.2) is 16.6 Å². The lowest BCUT2D eigenvalue weighted by Crippen LogP contribution is -2.16. The number of carboxylic acid groups (broad SMARTS) is 1. The minimum absolute atomic E-state index is 0.358. The van der Waals surface area contributed by atoms with Gasteiger partial charge in [0.1, 0.15) is 5.38 Å². The first kappa shape index (κ1) is 16.6. The third kappa shape index (κ3) is 4.10. The van der Waals surface area contributed by atoms with Crippen molar-refractivity contribution < 1.29 is 9.90 Å². The molecule has 1 fully saturated rings. The summed E-state index contributed by atoms with van der Waals surface area (Å²) in [4.78, 5) is 10.8. The first-order chi connectivity index (χ1) is 9.49. The van der Waals surface area contributed by atoms with Gasteiger partial charge in [0.15, 0.2) is 0 Å². The predicted molar refractivity (Wildman–Crippen MR) is 93.7 cm³/mol. The third-order valence-corrected chi connectivity index (χ3v) is 5.72. The number of hydrogen-bond acceptors (Lipinski definition) is 1. The Kier molecular flexibility index (Phi) is 6.17. The predicted octanol–water partition coefficient (Wildman–Crippen LogP) is 5.34. The number of hydrogen-bond donors (Lipinski definition) is 1. The molecule has 110 valence electrons. The van der Waals surface area contributed by atoms with Crippen LogP contribution in [0.25, 0.3) is 0 Å². The van der Waals surface area contributed by atoms with E-state index in [0.29, 0.717) is 12.3 Å². The van der Waals surface area contributed by atoms with E-state index < -0.39 is 11.3 Å². The average Bonchev–Trinajstić information content (AvgIpc) is 2.39. The standard InChI is InChI=1S/C15H17BrClIO2/c16-11-6-9(7-12(17)15(19)20)8-13(18)14(11)10-4-2-1-3-5-10/h6,8,10,12H,1-5,7H2,(H,19,20). The highest BCUT2D eigenvalue weighted by Gasteiger charge is 2.22. The second-order valence-electron chi connectivity index (χ2n) is 5.32. The molecular weight excluding hydrogens is 454 g/mol. The monoisotopic (exact) mass is 470 g/mol. The van der Waals surface area contributed by atoms with Crippen molar-refractivity contribution >= 4 is 56.1 Å². The molecule has 0 amide bonds. The number of benzene rings is 1. The van der Waals surface area contributed by atoms with Crippen molar-refractivity contribution in [3.63, 3.8) is 0 Å². The summed E-state index contributed by atoms with van der Waals surface area (Å²) in [5.74, 6) is -0.334. The van der Waals surface area contributed by atoms with Crippen molar-refractivity contribution in [1.82, 2.24) is 0 Å². The third-order valence-electron chi connectivity index (χ3n) is 3.84. The van der Waals surface area contributed by atoms with Gasteiger partial charge in [-0.3, -0.25) is 4.79 Å². The Morgan fingerprint density at radius 2 is 2.05 bits per heavy atom. The van der Waals surface area contributed by atoms with Crippen molar-refractivity contribution in [3.05, 3.63) is 31.3 Å². The quantitative estimate of drug-likeness (QED) is 0.476. The van der Waals surface area contributed by atoms with E-state index in [1.165, 1.54) is 41.2 Å². The van der Waals surface area contributed by atoms with Crippen LogP contribution in [0.4, 0.5) is 0 Å². The average molecular weight is 472 g/mol. The lowest BCUT2D eigenvalue weighted by molar-refractivity contribution is -0.136. The summed E-state index contributed by atoms with van der Waals surface area (Å²) in [5, 5.41) is 8.03. The smallest absolute Gasteiger partial charge is 0.321 e. The van der Waals surface area contributed by atoms with Gasteiger partial charge in [0.25, 0.3) is 0 Å². The van der Waals surface area contributed by atoms with Crippen LogP contribution < -0.4 is 0 Å². The Bertz CT molecular complexity index is 478. The first-order valence-electron chi connectivity index (χ1n) is 6.83. The Morgan fingerprint density at radius 3 is 2.60 bits per heavy atom. The molecule has 1 aromatic rings. The van der Waals surface area contributed by atoms with Gasteiger partial charge in [0.2, 0.25) is 0 Å². The second kappa shape index (κ2) is 7.45. The van der Waals surface area contributed by atoms with E-state index in [9.17, 15) is 4.79 Å². The fourth-order valence-corrected chi connectivity index (χ4v) is 5.34. The number of carboxylic acids is 1. The normalized spacial score (nSPS) is 17.9. The lowest BCUT2D eigenvalue weighted by Gasteiger charge is -2.25. The lowest BCUT2D eigenvalue weighted by atomic mass is 9.84. The van der Waals surface area contributed by atoms with Crippen LogP contribution in [-0.2, 0) is 11.2 Å². The van der Waals surface area contributed by atoms with Gasteiger partial charge in [-0.2, -0.15) is 0 Å². The fourth-order valence-electron chi connectivity index (χ4n) is 2.83. The zero-order chi connectivity index (χ0) is 14.7. The van der Waals surface area contributed by atoms with E-state index in [-0.39, 0.29) is 0 Å². The summed E-state index contributed by atoms with van der Waals surface area (Å²) >= 11 is 11.8. The molecule has 1 N–H and O–H groups in total. The van der Waals surface area contributed by atoms with Gasteiger partial charge in [0.05, 0.1) is 0 Å². The molecule has 1 unspecified atom stereocenters. The van der Waals surface area contributed by atoms with Crippen LogP contribution in [0.3, 0.4) is 0 Å². The SMILES string of the molecule is O=C(O)C(Cl)Cc1cc(Br)c(C2CCCCC2)c(I)c1. The minimum atomic E-state index is -0.964. The Balaban J connectivity index is 2.22. The highest BCUT2D eigenvalue weighted by atomic mass is 127. The molecule has 0 radical (unpaired) electrons. The van der Waals surface area contributed by atoms with Crippen LogP contribution in [0.2, 0.25) is 0 Å². The van der Waals surface area contributed by atoms with Crippen molar-refractivity contribution in [2.45, 2.75) is 49.8 Å². The van der Waals surface area contributed by atoms with Gasteiger partial charge >= 0.3 is 5.97 Å². The molecule has 2 nitrogen and oxygen atoms in total. The van der Waals surface area contributed by atoms with Crippen LogP contribution in [0.1, 0.15) is 49.1 Å². The first-order valence-corrected chi connectivity index (χ1v) is 9.14. The fraction of sp³-hybridized carbons (Fsp3) is 0.533. The molecule has 0 bridgehead atoms. The number of carbonyl (C=O) groups is 1. The van der Waals surface area contributed by atoms with Gasteiger partial charge in [0, 0.05) is 8.04 Å². The molecular formula is C15H17BrClIO2. The van der Waals surface area contributed by atoms with Gasteiger partial charge in [-0.05, 0) is 71.0 Å². The number of rotatable bonds is 4. The van der Waals surface area contributed by atoms with Crippen LogP contribution >= 0.6 is 50.1 Å². The molecule has 1 aliphatic carbocycles. The van der Waals surface area contributed by atoms with E-state index in [4.69, 9.17) is 16.7 Å². The van der Waals surface area contributed by atoms with E-state index in [1.54, 1.807) is 0 Å². The molecule has 0 aliphatic heterocycles. The maximum atomic E-state index is 10.8. The van der Waals surface area contributed by atoms with Crippen LogP contribution in [-0.4, -0.2) is 16.5 Å². The Labute approximate surface area is 146 Å². The molecule has 1 atom stereocenters. The number of aliphatic carboxylic acids is 1. The molecule has 1 aromatic carbocycles. The molecule has 1 saturated carbocycles. The largest absolute Gasteiger partial charge is 0.480 e. The van der Waals surface area contributed by atoms with Gasteiger partial charge < -0.3 is 5.11 Å². The summed E-state index contributed by atoms with van der Waals surface area (Å²) in [6.07, 6.45) is 6.81. The van der Waals surface area contributed by atoms with Crippen molar-refractivity contribution in [2.24, 2.45) is 0 Å². The van der Waals surface area contributed by atoms with Crippen molar-refractivity contribution in [2.75, 3.05) is 0 Å². The maximum Gasteiger partial charge on any atom is 0.321 e. The maximum absolute atomic E-state index is 10.8. The topological polar surface area (TPSA) is 37.3 Å². The van der Waals surface area contributed by atoms with E-state index in [1.807, 2.05) is 6.07 Å². The number of alkyl halides is 1. The summed E-state index contributed by atoms with van der Waals surface area (Å²) in [5.41, 5.74) is 2.36. The summed E-state index contributed by atoms with van der Waals surface area (Å²) in [6, 6.07) is 4.11. The minimum Gasteiger partial charge on any atom is -0.480 e. The molecule has 1 aliphatic rings. The molecule has 0 spiro atoms. The van der Waals surface area contributed by atoms with Gasteiger partial charge in [-0.1, -0.05) is 35.2 Å². The van der Waals surface area contributed by atoms with Crippen LogP contribution in [0, 0.1) is 3.57 Å². The molecule has 5 heteroatoms. The molecule has 2 rings (SSSR count). The molecule has 0 saturated heterocycles. The van der Waals surface area contributed by atoms with E-state index in [2.05, 4.69) is 44.6 Å². The summed E-state index contributed by atoms with van der Waals surface area (Å²) in [7, 11) is 0. The van der Waals surface area contributed by atoms with Crippen LogP contribution in [0.5, 0.6) is 0 Å². The molecule has 20 heavy (non-hydrogen) atoms. The molecule has 0 aromatic heterocycles. The zero-order valence-corrected chi connectivity index (χ0v) is 15.5. The molecule has 0 heterocycles. The highest BCUT2D eigenvalue weighted by molar-refractivity contribution is 14.1. The Hall–Kier alpha value is 0.190. The van der Waals surface area contributed by atoms with Gasteiger partial charge in [-0.15, -0.1) is 11.6 Å². The van der Waals surface area contributed by atoms with E-state index >= 15 is 0 Å². The summed E-state index contributed by atoms with van der Waals surface area (Å²) < 4.78 is 2.31. The number of halogens is 3. The Morgan fingerprint density at radius 1 is 1.40 bits per heavy atom. The second-order valence-corrected chi connectivity index (χ2v) is 7.86. The zero-order valence-electron chi connectivity index (χ0n) is 11.0. The van der Waals surface area contributed by atoms with E-state index in [0.717, 1.165) is 10.0 Å².